The van der Waals surface area contributed by atoms with Crippen molar-refractivity contribution >= 4 is 18.4 Å². The fourth-order valence-electron chi connectivity index (χ4n) is 8.96. The van der Waals surface area contributed by atoms with Gasteiger partial charge in [-0.2, -0.15) is 0 Å². The van der Waals surface area contributed by atoms with E-state index in [0.717, 1.165) is 67.5 Å². The van der Waals surface area contributed by atoms with Gasteiger partial charge in [0, 0.05) is 37.2 Å². The molecule has 12 aromatic rings. The van der Waals surface area contributed by atoms with Crippen LogP contribution >= 0.6 is 0 Å². The summed E-state index contributed by atoms with van der Waals surface area (Å²) in [6.07, 6.45) is 11.7. The molecule has 6 heterocycles. The number of hydrogen-bond acceptors (Lipinski definition) is 9. The van der Waals surface area contributed by atoms with Crippen LogP contribution in [-0.2, 0) is 33.5 Å². The van der Waals surface area contributed by atoms with Crippen LogP contribution in [0.2, 0.25) is 19.6 Å². The summed E-state index contributed by atoms with van der Waals surface area (Å²) < 4.78 is 27.1. The predicted molar refractivity (Wildman–Crippen MR) is 344 cm³/mol. The largest absolute Gasteiger partial charge is 2.00 e. The van der Waals surface area contributed by atoms with Gasteiger partial charge in [0.2, 0.25) is 8.32 Å². The first-order valence-electron chi connectivity index (χ1n) is 27.5. The van der Waals surface area contributed by atoms with E-state index in [1.807, 2.05) is 209 Å². The van der Waals surface area contributed by atoms with Crippen LogP contribution < -0.4 is 0 Å². The van der Waals surface area contributed by atoms with Gasteiger partial charge in [-0.25, -0.2) is 8.42 Å². The van der Waals surface area contributed by atoms with Crippen LogP contribution in [0.1, 0.15) is 13.3 Å². The molecule has 0 fully saturated rings. The molecule has 0 amide bonds. The standard InChI is InChI=1S/3C22H16N2.C6H16O3SSi.Ru/c3*1-3-7-17(8-4-1)19-11-13-23-21(15-19)22-16-20(12-14-24-22)18-9-5-2-6-10-18;1-5-6-10(7,8)9-11(2,3)4;/h3*1-16H;5-6H2,1-4H3;/q;;;;+2. The third kappa shape index (κ3) is 18.0. The van der Waals surface area contributed by atoms with E-state index in [0.29, 0.717) is 6.42 Å². The summed E-state index contributed by atoms with van der Waals surface area (Å²) in [5.41, 5.74) is 19.3. The van der Waals surface area contributed by atoms with E-state index in [1.165, 1.54) is 33.4 Å². The molecule has 0 saturated heterocycles. The minimum Gasteiger partial charge on any atom is -0.315 e. The Morgan fingerprint density at radius 1 is 0.298 bits per heavy atom. The third-order valence-electron chi connectivity index (χ3n) is 12.8. The van der Waals surface area contributed by atoms with Crippen molar-refractivity contribution < 1.29 is 31.8 Å². The van der Waals surface area contributed by atoms with Crippen molar-refractivity contribution in [3.8, 4) is 101 Å². The number of pyridine rings is 6. The Bertz CT molecular complexity index is 3440. The fourth-order valence-corrected chi connectivity index (χ4v) is 12.8. The SMILES string of the molecule is CCCS(=O)(=O)O[Si](C)(C)C.[Ru+2].c1ccc(-c2ccnc(-c3cc(-c4ccccc4)ccn3)c2)cc1.c1ccc(-c2ccnc(-c3cc(-c4ccccc4)ccn3)c2)cc1.c1ccc(-c2ccnc(-c3cc(-c4ccccc4)ccn3)c2)cc1. The second-order valence-electron chi connectivity index (χ2n) is 20.2. The maximum absolute atomic E-state index is 11.1. The number of aromatic nitrogens is 6. The maximum Gasteiger partial charge on any atom is 2.00 e. The van der Waals surface area contributed by atoms with Crippen molar-refractivity contribution in [1.82, 2.24) is 29.9 Å². The van der Waals surface area contributed by atoms with Gasteiger partial charge >= 0.3 is 19.5 Å². The summed E-state index contributed by atoms with van der Waals surface area (Å²) in [6, 6.07) is 86.6. The van der Waals surface area contributed by atoms with E-state index in [4.69, 9.17) is 3.87 Å². The molecule has 0 aliphatic carbocycles. The second-order valence-corrected chi connectivity index (χ2v) is 26.6. The van der Waals surface area contributed by atoms with Crippen molar-refractivity contribution in [3.63, 3.8) is 0 Å². The molecular weight excluding hydrogens is 1160 g/mol. The number of benzene rings is 6. The molecule has 0 spiro atoms. The Kier molecular flexibility index (Phi) is 22.0. The number of rotatable bonds is 13. The summed E-state index contributed by atoms with van der Waals surface area (Å²) in [5, 5.41) is 0. The molecule has 0 bridgehead atoms. The van der Waals surface area contributed by atoms with Gasteiger partial charge in [-0.3, -0.25) is 29.9 Å². The van der Waals surface area contributed by atoms with Gasteiger partial charge in [0.1, 0.15) is 0 Å². The molecule has 6 aromatic heterocycles. The molecule has 0 N–H and O–H groups in total. The Labute approximate surface area is 508 Å². The molecule has 0 aliphatic rings. The zero-order chi connectivity index (χ0) is 57.7. The van der Waals surface area contributed by atoms with Crippen LogP contribution in [0.4, 0.5) is 0 Å². The molecule has 416 valence electrons. The minimum atomic E-state index is -3.23. The normalized spacial score (nSPS) is 10.8. The quantitative estimate of drug-likeness (QED) is 0.104. The predicted octanol–water partition coefficient (Wildman–Crippen LogP) is 18.0. The van der Waals surface area contributed by atoms with E-state index in [-0.39, 0.29) is 25.2 Å². The first-order valence-corrected chi connectivity index (χ1v) is 32.5. The van der Waals surface area contributed by atoms with E-state index >= 15 is 0 Å². The minimum absolute atomic E-state index is 0. The van der Waals surface area contributed by atoms with Gasteiger partial charge in [0.15, 0.2) is 0 Å². The monoisotopic (exact) mass is 1220 g/mol. The molecule has 0 unspecified atom stereocenters. The zero-order valence-electron chi connectivity index (χ0n) is 47.3. The summed E-state index contributed by atoms with van der Waals surface area (Å²) in [6.45, 7) is 7.41. The molecule has 84 heavy (non-hydrogen) atoms. The fraction of sp³-hybridized carbons (Fsp3) is 0.0833. The average Bonchev–Trinajstić information content (AvgIpc) is 3.55. The number of nitrogens with zero attached hydrogens (tertiary/aromatic N) is 6. The van der Waals surface area contributed by atoms with Crippen LogP contribution in [0.15, 0.2) is 292 Å². The van der Waals surface area contributed by atoms with Crippen LogP contribution in [-0.4, -0.2) is 52.4 Å². The molecular formula is C72H64N6O3RuSSi+2. The summed E-state index contributed by atoms with van der Waals surface area (Å²) >= 11 is 0. The molecule has 0 aliphatic heterocycles. The van der Waals surface area contributed by atoms with E-state index in [2.05, 4.69) is 139 Å². The van der Waals surface area contributed by atoms with Gasteiger partial charge in [0.05, 0.1) is 39.9 Å². The zero-order valence-corrected chi connectivity index (χ0v) is 50.9. The first-order chi connectivity index (χ1) is 40.5. The van der Waals surface area contributed by atoms with Crippen molar-refractivity contribution in [3.05, 3.63) is 292 Å². The molecule has 6 aromatic carbocycles. The van der Waals surface area contributed by atoms with E-state index < -0.39 is 18.4 Å². The van der Waals surface area contributed by atoms with Gasteiger partial charge in [-0.05, 0) is 166 Å². The van der Waals surface area contributed by atoms with Crippen molar-refractivity contribution in [1.29, 1.82) is 0 Å². The van der Waals surface area contributed by atoms with Crippen molar-refractivity contribution in [2.75, 3.05) is 5.75 Å². The molecule has 12 heteroatoms. The van der Waals surface area contributed by atoms with Crippen molar-refractivity contribution in [2.45, 2.75) is 33.0 Å². The number of hydrogen-bond donors (Lipinski definition) is 0. The van der Waals surface area contributed by atoms with Crippen molar-refractivity contribution in [2.24, 2.45) is 0 Å². The van der Waals surface area contributed by atoms with Gasteiger partial charge in [-0.1, -0.05) is 189 Å². The summed E-state index contributed by atoms with van der Waals surface area (Å²) in [5.74, 6) is 0.136. The van der Waals surface area contributed by atoms with Crippen LogP contribution in [0, 0.1) is 0 Å². The Morgan fingerprint density at radius 3 is 0.631 bits per heavy atom. The second kappa shape index (κ2) is 30.3. The molecule has 12 rings (SSSR count). The van der Waals surface area contributed by atoms with Gasteiger partial charge in [0.25, 0.3) is 10.1 Å². The van der Waals surface area contributed by atoms with Gasteiger partial charge < -0.3 is 3.87 Å². The van der Waals surface area contributed by atoms with Crippen LogP contribution in [0.5, 0.6) is 0 Å². The average molecular weight is 1220 g/mol. The topological polar surface area (TPSA) is 121 Å². The maximum atomic E-state index is 11.1. The van der Waals surface area contributed by atoms with Crippen LogP contribution in [0.3, 0.4) is 0 Å². The molecule has 0 atom stereocenters. The van der Waals surface area contributed by atoms with Crippen LogP contribution in [0.25, 0.3) is 101 Å². The molecule has 0 radical (unpaired) electrons. The van der Waals surface area contributed by atoms with E-state index in [1.54, 1.807) is 0 Å². The Balaban J connectivity index is 0.000000150. The smallest absolute Gasteiger partial charge is 0.315 e. The van der Waals surface area contributed by atoms with E-state index in [9.17, 15) is 8.42 Å². The molecule has 0 saturated carbocycles. The third-order valence-corrected chi connectivity index (χ3v) is 16.7. The first kappa shape index (κ1) is 61.1. The summed E-state index contributed by atoms with van der Waals surface area (Å²) in [7, 11) is -5.15. The Morgan fingerprint density at radius 2 is 0.476 bits per heavy atom. The van der Waals surface area contributed by atoms with Gasteiger partial charge in [-0.15, -0.1) is 0 Å². The Hall–Kier alpha value is -9.03. The molecule has 9 nitrogen and oxygen atoms in total. The summed E-state index contributed by atoms with van der Waals surface area (Å²) in [4.78, 5) is 27.0.